The fourth-order valence-corrected chi connectivity index (χ4v) is 3.66. The Labute approximate surface area is 185 Å². The SMILES string of the molecule is Cc1ccc(C2=C(Nc3cc(Cl)ccc3C)C(=O)N(Cc3ccccc3F)C2=O)cc1. The molecular weight excluding hydrogens is 415 g/mol. The van der Waals surface area contributed by atoms with Crippen LogP contribution in [-0.2, 0) is 16.1 Å². The molecule has 2 amide bonds. The van der Waals surface area contributed by atoms with Gasteiger partial charge in [0, 0.05) is 16.3 Å². The van der Waals surface area contributed by atoms with Crippen LogP contribution in [0.15, 0.2) is 72.4 Å². The van der Waals surface area contributed by atoms with Crippen molar-refractivity contribution in [3.8, 4) is 0 Å². The van der Waals surface area contributed by atoms with Crippen molar-refractivity contribution in [2.75, 3.05) is 5.32 Å². The Hall–Kier alpha value is -3.44. The molecule has 0 aromatic heterocycles. The quantitative estimate of drug-likeness (QED) is 0.540. The van der Waals surface area contributed by atoms with Gasteiger partial charge in [0.25, 0.3) is 11.8 Å². The first-order valence-corrected chi connectivity index (χ1v) is 10.2. The number of rotatable bonds is 5. The first-order chi connectivity index (χ1) is 14.8. The first kappa shape index (κ1) is 20.8. The number of aryl methyl sites for hydroxylation is 2. The second-order valence-corrected chi connectivity index (χ2v) is 7.92. The van der Waals surface area contributed by atoms with Gasteiger partial charge in [-0.05, 0) is 43.2 Å². The molecule has 156 valence electrons. The minimum absolute atomic E-state index is 0.149. The van der Waals surface area contributed by atoms with Crippen LogP contribution < -0.4 is 5.32 Å². The van der Waals surface area contributed by atoms with Gasteiger partial charge in [-0.15, -0.1) is 0 Å². The number of carbonyl (C=O) groups excluding carboxylic acids is 2. The molecule has 0 unspecified atom stereocenters. The number of amides is 2. The van der Waals surface area contributed by atoms with E-state index in [0.717, 1.165) is 16.0 Å². The summed E-state index contributed by atoms with van der Waals surface area (Å²) >= 11 is 6.13. The summed E-state index contributed by atoms with van der Waals surface area (Å²) in [4.78, 5) is 27.7. The van der Waals surface area contributed by atoms with Gasteiger partial charge in [0.05, 0.1) is 12.1 Å². The van der Waals surface area contributed by atoms with Crippen LogP contribution in [0.1, 0.15) is 22.3 Å². The van der Waals surface area contributed by atoms with Crippen molar-refractivity contribution >= 4 is 34.7 Å². The third-order valence-electron chi connectivity index (χ3n) is 5.25. The van der Waals surface area contributed by atoms with Gasteiger partial charge in [0.2, 0.25) is 0 Å². The Morgan fingerprint density at radius 1 is 0.935 bits per heavy atom. The average molecular weight is 435 g/mol. The van der Waals surface area contributed by atoms with Crippen LogP contribution in [0.5, 0.6) is 0 Å². The van der Waals surface area contributed by atoms with Gasteiger partial charge >= 0.3 is 0 Å². The molecule has 3 aromatic rings. The second-order valence-electron chi connectivity index (χ2n) is 7.49. The summed E-state index contributed by atoms with van der Waals surface area (Å²) in [5, 5.41) is 3.62. The molecule has 0 aliphatic carbocycles. The van der Waals surface area contributed by atoms with Gasteiger partial charge in [-0.1, -0.05) is 65.7 Å². The van der Waals surface area contributed by atoms with Crippen molar-refractivity contribution in [2.24, 2.45) is 0 Å². The van der Waals surface area contributed by atoms with Gasteiger partial charge in [-0.2, -0.15) is 0 Å². The number of nitrogens with one attached hydrogen (secondary N) is 1. The lowest BCUT2D eigenvalue weighted by atomic mass is 10.0. The zero-order valence-corrected chi connectivity index (χ0v) is 17.8. The van der Waals surface area contributed by atoms with E-state index >= 15 is 0 Å². The van der Waals surface area contributed by atoms with Gasteiger partial charge in [0.15, 0.2) is 0 Å². The van der Waals surface area contributed by atoms with E-state index in [1.54, 1.807) is 42.5 Å². The zero-order chi connectivity index (χ0) is 22.1. The average Bonchev–Trinajstić information content (AvgIpc) is 2.97. The Balaban J connectivity index is 1.78. The number of nitrogens with zero attached hydrogens (tertiary/aromatic N) is 1. The monoisotopic (exact) mass is 434 g/mol. The molecule has 0 saturated heterocycles. The topological polar surface area (TPSA) is 49.4 Å². The van der Waals surface area contributed by atoms with E-state index in [0.29, 0.717) is 16.3 Å². The van der Waals surface area contributed by atoms with Crippen LogP contribution in [0.2, 0.25) is 5.02 Å². The second kappa shape index (κ2) is 8.36. The Bertz CT molecular complexity index is 1220. The molecule has 1 aliphatic heterocycles. The number of imide groups is 1. The molecular formula is C25H20ClFN2O2. The molecule has 1 aliphatic rings. The van der Waals surface area contributed by atoms with Crippen molar-refractivity contribution < 1.29 is 14.0 Å². The number of hydrogen-bond acceptors (Lipinski definition) is 3. The van der Waals surface area contributed by atoms with Crippen LogP contribution in [0.4, 0.5) is 10.1 Å². The Morgan fingerprint density at radius 3 is 2.35 bits per heavy atom. The van der Waals surface area contributed by atoms with Crippen LogP contribution in [0, 0.1) is 19.7 Å². The highest BCUT2D eigenvalue weighted by atomic mass is 35.5. The minimum atomic E-state index is -0.511. The van der Waals surface area contributed by atoms with Gasteiger partial charge < -0.3 is 5.32 Å². The summed E-state index contributed by atoms with van der Waals surface area (Å²) in [6, 6.07) is 18.8. The van der Waals surface area contributed by atoms with E-state index in [4.69, 9.17) is 11.6 Å². The van der Waals surface area contributed by atoms with Crippen molar-refractivity contribution in [1.29, 1.82) is 0 Å². The number of hydrogen-bond donors (Lipinski definition) is 1. The third-order valence-corrected chi connectivity index (χ3v) is 5.49. The zero-order valence-electron chi connectivity index (χ0n) is 17.1. The van der Waals surface area contributed by atoms with E-state index in [9.17, 15) is 14.0 Å². The van der Waals surface area contributed by atoms with Crippen LogP contribution in [-0.4, -0.2) is 16.7 Å². The van der Waals surface area contributed by atoms with E-state index in [2.05, 4.69) is 5.32 Å². The standard InChI is InChI=1S/C25H20ClFN2O2/c1-15-7-10-17(11-8-15)22-23(28-21-13-19(26)12-9-16(21)2)25(31)29(24(22)30)14-18-5-3-4-6-20(18)27/h3-13,28H,14H2,1-2H3. The highest BCUT2D eigenvalue weighted by Gasteiger charge is 2.39. The van der Waals surface area contributed by atoms with Crippen molar-refractivity contribution in [3.63, 3.8) is 0 Å². The normalized spacial score (nSPS) is 13.9. The predicted octanol–water partition coefficient (Wildman–Crippen LogP) is 5.49. The number of anilines is 1. The Kier molecular flexibility index (Phi) is 5.61. The fraction of sp³-hybridized carbons (Fsp3) is 0.120. The van der Waals surface area contributed by atoms with Gasteiger partial charge in [0.1, 0.15) is 11.5 Å². The summed E-state index contributed by atoms with van der Waals surface area (Å²) in [5.74, 6) is -1.45. The van der Waals surface area contributed by atoms with Gasteiger partial charge in [-0.25, -0.2) is 4.39 Å². The van der Waals surface area contributed by atoms with Crippen molar-refractivity contribution in [2.45, 2.75) is 20.4 Å². The molecule has 6 heteroatoms. The lowest BCUT2D eigenvalue weighted by Gasteiger charge is -2.16. The maximum atomic E-state index is 14.2. The molecule has 3 aromatic carbocycles. The summed E-state index contributed by atoms with van der Waals surface area (Å²) in [6.45, 7) is 3.67. The number of benzene rings is 3. The smallest absolute Gasteiger partial charge is 0.278 e. The largest absolute Gasteiger partial charge is 0.350 e. The van der Waals surface area contributed by atoms with Gasteiger partial charge in [-0.3, -0.25) is 14.5 Å². The lowest BCUT2D eigenvalue weighted by molar-refractivity contribution is -0.137. The lowest BCUT2D eigenvalue weighted by Crippen LogP contribution is -2.32. The molecule has 4 nitrogen and oxygen atoms in total. The van der Waals surface area contributed by atoms with Crippen LogP contribution in [0.25, 0.3) is 5.57 Å². The predicted molar refractivity (Wildman–Crippen MR) is 120 cm³/mol. The first-order valence-electron chi connectivity index (χ1n) is 9.79. The molecule has 0 radical (unpaired) electrons. The van der Waals surface area contributed by atoms with E-state index in [1.165, 1.54) is 6.07 Å². The van der Waals surface area contributed by atoms with Crippen molar-refractivity contribution in [3.05, 3.63) is 106 Å². The molecule has 0 bridgehead atoms. The summed E-state index contributed by atoms with van der Waals surface area (Å²) in [7, 11) is 0. The third kappa shape index (κ3) is 4.09. The number of carbonyl (C=O) groups is 2. The molecule has 0 saturated carbocycles. The highest BCUT2D eigenvalue weighted by Crippen LogP contribution is 2.33. The summed E-state index contributed by atoms with van der Waals surface area (Å²) < 4.78 is 14.2. The van der Waals surface area contributed by atoms with E-state index < -0.39 is 17.6 Å². The van der Waals surface area contributed by atoms with E-state index in [-0.39, 0.29) is 23.4 Å². The van der Waals surface area contributed by atoms with Crippen LogP contribution in [0.3, 0.4) is 0 Å². The molecule has 4 rings (SSSR count). The summed E-state index contributed by atoms with van der Waals surface area (Å²) in [6.07, 6.45) is 0. The minimum Gasteiger partial charge on any atom is -0.350 e. The Morgan fingerprint density at radius 2 is 1.65 bits per heavy atom. The molecule has 0 atom stereocenters. The van der Waals surface area contributed by atoms with Crippen molar-refractivity contribution in [1.82, 2.24) is 4.90 Å². The molecule has 31 heavy (non-hydrogen) atoms. The van der Waals surface area contributed by atoms with Crippen LogP contribution >= 0.6 is 11.6 Å². The number of halogens is 2. The summed E-state index contributed by atoms with van der Waals surface area (Å²) in [5.41, 5.74) is 3.81. The maximum Gasteiger partial charge on any atom is 0.278 e. The highest BCUT2D eigenvalue weighted by molar-refractivity contribution is 6.36. The molecule has 0 spiro atoms. The molecule has 0 fully saturated rings. The fourth-order valence-electron chi connectivity index (χ4n) is 3.48. The molecule has 1 heterocycles. The maximum absolute atomic E-state index is 14.2. The van der Waals surface area contributed by atoms with E-state index in [1.807, 2.05) is 32.0 Å². The molecule has 1 N–H and O–H groups in total.